The van der Waals surface area contributed by atoms with Crippen LogP contribution < -0.4 is 0 Å². The van der Waals surface area contributed by atoms with Gasteiger partial charge in [0, 0.05) is 0 Å². The van der Waals surface area contributed by atoms with E-state index in [-0.39, 0.29) is 0 Å². The summed E-state index contributed by atoms with van der Waals surface area (Å²) >= 11 is 0. The van der Waals surface area contributed by atoms with E-state index in [0.29, 0.717) is 0 Å². The molecule has 0 rings (SSSR count). The van der Waals surface area contributed by atoms with Crippen molar-refractivity contribution in [2.45, 2.75) is 78.1 Å². The lowest BCUT2D eigenvalue weighted by molar-refractivity contribution is 0.571. The van der Waals surface area contributed by atoms with Crippen LogP contribution in [0.25, 0.3) is 0 Å². The number of hydrogen-bond donors (Lipinski definition) is 0. The molecule has 94 valence electrons. The molecule has 0 aromatic heterocycles. The zero-order valence-electron chi connectivity index (χ0n) is 11.4. The van der Waals surface area contributed by atoms with Gasteiger partial charge in [-0.1, -0.05) is 62.8 Å². The molecule has 0 atom stereocenters. The van der Waals surface area contributed by atoms with Crippen LogP contribution in [0, 0.1) is 0 Å². The number of rotatable bonds is 11. The molecule has 0 aliphatic carbocycles. The van der Waals surface area contributed by atoms with Crippen molar-refractivity contribution in [1.29, 1.82) is 0 Å². The van der Waals surface area contributed by atoms with Gasteiger partial charge in [-0.15, -0.1) is 0 Å². The van der Waals surface area contributed by atoms with Gasteiger partial charge in [0.15, 0.2) is 0 Å². The first-order valence-corrected chi connectivity index (χ1v) is 7.14. The van der Waals surface area contributed by atoms with Crippen LogP contribution in [-0.4, -0.2) is 0 Å². The summed E-state index contributed by atoms with van der Waals surface area (Å²) in [5.74, 6) is 0. The van der Waals surface area contributed by atoms with Crippen molar-refractivity contribution < 1.29 is 0 Å². The molecule has 0 fully saturated rings. The Morgan fingerprint density at radius 2 is 0.812 bits per heavy atom. The lowest BCUT2D eigenvalue weighted by Gasteiger charge is -2.00. The van der Waals surface area contributed by atoms with Crippen molar-refractivity contribution in [1.82, 2.24) is 0 Å². The van der Waals surface area contributed by atoms with E-state index in [4.69, 9.17) is 0 Å². The van der Waals surface area contributed by atoms with Gasteiger partial charge in [-0.3, -0.25) is 0 Å². The predicted octanol–water partition coefficient (Wildman–Crippen LogP) is 6.04. The molecule has 0 bridgehead atoms. The maximum absolute atomic E-state index is 2.28. The van der Waals surface area contributed by atoms with E-state index in [1.807, 2.05) is 0 Å². The maximum Gasteiger partial charge on any atom is -0.0351 e. The molecule has 0 aromatic rings. The van der Waals surface area contributed by atoms with Gasteiger partial charge in [-0.25, -0.2) is 0 Å². The molecule has 0 saturated heterocycles. The minimum atomic E-state index is 1.28. The smallest absolute Gasteiger partial charge is 0.0351 e. The van der Waals surface area contributed by atoms with Crippen LogP contribution in [0.4, 0.5) is 0 Å². The van der Waals surface area contributed by atoms with Crippen LogP contribution in [0.1, 0.15) is 78.1 Å². The van der Waals surface area contributed by atoms with Crippen LogP contribution in [0.15, 0.2) is 24.3 Å². The fraction of sp³-hybridized carbons (Fsp3) is 0.750. The molecule has 0 amide bonds. The van der Waals surface area contributed by atoms with Gasteiger partial charge in [0.25, 0.3) is 0 Å². The average molecular weight is 222 g/mol. The third kappa shape index (κ3) is 13.5. The molecule has 0 aliphatic heterocycles. The van der Waals surface area contributed by atoms with Crippen molar-refractivity contribution in [3.63, 3.8) is 0 Å². The molecular weight excluding hydrogens is 192 g/mol. The van der Waals surface area contributed by atoms with Crippen molar-refractivity contribution in [3.8, 4) is 0 Å². The van der Waals surface area contributed by atoms with Gasteiger partial charge in [-0.05, 0) is 39.5 Å². The van der Waals surface area contributed by atoms with Crippen molar-refractivity contribution in [2.24, 2.45) is 0 Å². The molecule has 0 nitrogen and oxygen atoms in total. The number of hydrogen-bond acceptors (Lipinski definition) is 0. The van der Waals surface area contributed by atoms with E-state index in [0.717, 1.165) is 0 Å². The highest BCUT2D eigenvalue weighted by atomic mass is 14.0. The molecule has 0 unspecified atom stereocenters. The standard InChI is InChI=1S/C16H30/c1-3-5-7-9-11-13-15-16-14-12-10-8-6-4-2/h3-6H,7-16H2,1-2H3/b5-3+,6-4?. The Labute approximate surface area is 103 Å². The number of allylic oxidation sites excluding steroid dienone is 4. The summed E-state index contributed by atoms with van der Waals surface area (Å²) in [6.45, 7) is 4.21. The van der Waals surface area contributed by atoms with Crippen LogP contribution in [0.3, 0.4) is 0 Å². The highest BCUT2D eigenvalue weighted by Crippen LogP contribution is 2.10. The summed E-state index contributed by atoms with van der Waals surface area (Å²) in [6, 6.07) is 0. The Morgan fingerprint density at radius 3 is 1.12 bits per heavy atom. The topological polar surface area (TPSA) is 0 Å². The number of unbranched alkanes of at least 4 members (excludes halogenated alkanes) is 9. The largest absolute Gasteiger partial charge is 0.0917 e. The highest BCUT2D eigenvalue weighted by Gasteiger charge is 1.91. The summed E-state index contributed by atoms with van der Waals surface area (Å²) < 4.78 is 0. The molecule has 0 aromatic carbocycles. The Hall–Kier alpha value is -0.520. The molecule has 0 heteroatoms. The van der Waals surface area contributed by atoms with Gasteiger partial charge >= 0.3 is 0 Å². The molecule has 16 heavy (non-hydrogen) atoms. The van der Waals surface area contributed by atoms with Crippen LogP contribution in [0.2, 0.25) is 0 Å². The van der Waals surface area contributed by atoms with Gasteiger partial charge in [-0.2, -0.15) is 0 Å². The van der Waals surface area contributed by atoms with Crippen molar-refractivity contribution in [3.05, 3.63) is 24.3 Å². The second-order valence-corrected chi connectivity index (χ2v) is 4.54. The first-order valence-electron chi connectivity index (χ1n) is 7.14. The van der Waals surface area contributed by atoms with E-state index in [2.05, 4.69) is 38.2 Å². The monoisotopic (exact) mass is 222 g/mol. The van der Waals surface area contributed by atoms with E-state index >= 15 is 0 Å². The maximum atomic E-state index is 2.28. The second kappa shape index (κ2) is 14.5. The summed E-state index contributed by atoms with van der Waals surface area (Å²) in [5.41, 5.74) is 0. The Bertz CT molecular complexity index is 145. The molecule has 0 saturated carbocycles. The highest BCUT2D eigenvalue weighted by molar-refractivity contribution is 4.76. The zero-order valence-corrected chi connectivity index (χ0v) is 11.4. The molecule has 0 radical (unpaired) electrons. The fourth-order valence-corrected chi connectivity index (χ4v) is 1.92. The van der Waals surface area contributed by atoms with Crippen LogP contribution >= 0.6 is 0 Å². The minimum absolute atomic E-state index is 1.28. The lowest BCUT2D eigenvalue weighted by atomic mass is 10.1. The van der Waals surface area contributed by atoms with E-state index in [1.165, 1.54) is 64.2 Å². The van der Waals surface area contributed by atoms with Gasteiger partial charge < -0.3 is 0 Å². The van der Waals surface area contributed by atoms with E-state index in [9.17, 15) is 0 Å². The van der Waals surface area contributed by atoms with Gasteiger partial charge in [0.2, 0.25) is 0 Å². The summed E-state index contributed by atoms with van der Waals surface area (Å²) in [5, 5.41) is 0. The van der Waals surface area contributed by atoms with E-state index in [1.54, 1.807) is 0 Å². The Kier molecular flexibility index (Phi) is 14.0. The van der Waals surface area contributed by atoms with Crippen molar-refractivity contribution in [2.75, 3.05) is 0 Å². The van der Waals surface area contributed by atoms with Crippen LogP contribution in [-0.2, 0) is 0 Å². The molecule has 0 aliphatic rings. The quantitative estimate of drug-likeness (QED) is 0.295. The minimum Gasteiger partial charge on any atom is -0.0917 e. The molecular formula is C16H30. The summed E-state index contributed by atoms with van der Waals surface area (Å²) in [6.07, 6.45) is 22.8. The summed E-state index contributed by atoms with van der Waals surface area (Å²) in [7, 11) is 0. The van der Waals surface area contributed by atoms with Gasteiger partial charge in [0.1, 0.15) is 0 Å². The fourth-order valence-electron chi connectivity index (χ4n) is 1.92. The SMILES string of the molecule is CC=CCCCCCCCCCC/C=C/C. The van der Waals surface area contributed by atoms with Crippen molar-refractivity contribution >= 4 is 0 Å². The first-order chi connectivity index (χ1) is 7.91. The first kappa shape index (κ1) is 15.5. The molecule has 0 spiro atoms. The second-order valence-electron chi connectivity index (χ2n) is 4.54. The normalized spacial score (nSPS) is 11.9. The zero-order chi connectivity index (χ0) is 11.9. The van der Waals surface area contributed by atoms with E-state index < -0.39 is 0 Å². The van der Waals surface area contributed by atoms with Gasteiger partial charge in [0.05, 0.1) is 0 Å². The van der Waals surface area contributed by atoms with Crippen LogP contribution in [0.5, 0.6) is 0 Å². The Balaban J connectivity index is 2.93. The third-order valence-corrected chi connectivity index (χ3v) is 2.96. The predicted molar refractivity (Wildman–Crippen MR) is 75.8 cm³/mol. The molecule has 0 N–H and O–H groups in total. The average Bonchev–Trinajstić information content (AvgIpc) is 2.31. The molecule has 0 heterocycles. The summed E-state index contributed by atoms with van der Waals surface area (Å²) in [4.78, 5) is 0. The Morgan fingerprint density at radius 1 is 0.500 bits per heavy atom. The lowest BCUT2D eigenvalue weighted by Crippen LogP contribution is -1.80. The third-order valence-electron chi connectivity index (χ3n) is 2.96.